The fourth-order valence-electron chi connectivity index (χ4n) is 2.78. The summed E-state index contributed by atoms with van der Waals surface area (Å²) in [6, 6.07) is 10.2. The zero-order valence-corrected chi connectivity index (χ0v) is 17.5. The summed E-state index contributed by atoms with van der Waals surface area (Å²) in [4.78, 5) is 4.48. The van der Waals surface area contributed by atoms with Crippen molar-refractivity contribution < 1.29 is 17.7 Å². The minimum atomic E-state index is -3.75. The second-order valence-corrected chi connectivity index (χ2v) is 8.75. The van der Waals surface area contributed by atoms with Gasteiger partial charge in [-0.2, -0.15) is 9.29 Å². The molecule has 148 valence electrons. The summed E-state index contributed by atoms with van der Waals surface area (Å²) >= 11 is 5.98. The maximum absolute atomic E-state index is 13.0. The fourth-order valence-corrected chi connectivity index (χ4v) is 4.37. The molecule has 0 amide bonds. The minimum Gasteiger partial charge on any atom is -0.496 e. The van der Waals surface area contributed by atoms with Gasteiger partial charge in [-0.25, -0.2) is 8.42 Å². The molecule has 3 rings (SSSR count). The van der Waals surface area contributed by atoms with Crippen LogP contribution in [0.2, 0.25) is 5.02 Å². The summed E-state index contributed by atoms with van der Waals surface area (Å²) in [5, 5.41) is 4.46. The number of ether oxygens (including phenoxy) is 1. The average molecular weight is 422 g/mol. The average Bonchev–Trinajstić information content (AvgIpc) is 3.12. The minimum absolute atomic E-state index is 0.0551. The molecule has 0 aliphatic rings. The number of methoxy groups -OCH3 is 1. The third-order valence-corrected chi connectivity index (χ3v) is 6.69. The van der Waals surface area contributed by atoms with Crippen LogP contribution >= 0.6 is 11.6 Å². The van der Waals surface area contributed by atoms with E-state index in [1.807, 2.05) is 6.92 Å². The molecule has 0 fully saturated rings. The Balaban J connectivity index is 1.85. The molecule has 28 heavy (non-hydrogen) atoms. The van der Waals surface area contributed by atoms with Crippen molar-refractivity contribution >= 4 is 21.6 Å². The lowest BCUT2D eigenvalue weighted by Crippen LogP contribution is -2.27. The van der Waals surface area contributed by atoms with Gasteiger partial charge in [0, 0.05) is 17.6 Å². The Morgan fingerprint density at radius 2 is 1.93 bits per heavy atom. The largest absolute Gasteiger partial charge is 0.496 e. The molecule has 0 N–H and O–H groups in total. The first-order valence-corrected chi connectivity index (χ1v) is 10.2. The lowest BCUT2D eigenvalue weighted by molar-refractivity contribution is 0.336. The third kappa shape index (κ3) is 3.89. The van der Waals surface area contributed by atoms with Crippen LogP contribution in [0.5, 0.6) is 5.75 Å². The maximum Gasteiger partial charge on any atom is 0.243 e. The van der Waals surface area contributed by atoms with Crippen molar-refractivity contribution in [1.29, 1.82) is 0 Å². The molecule has 0 saturated carbocycles. The van der Waals surface area contributed by atoms with Crippen molar-refractivity contribution in [3.63, 3.8) is 0 Å². The van der Waals surface area contributed by atoms with Gasteiger partial charge in [-0.05, 0) is 49.2 Å². The van der Waals surface area contributed by atoms with Gasteiger partial charge in [0.1, 0.15) is 5.75 Å². The van der Waals surface area contributed by atoms with E-state index < -0.39 is 10.0 Å². The molecule has 9 heteroatoms. The van der Waals surface area contributed by atoms with Gasteiger partial charge in [0.05, 0.1) is 18.6 Å². The summed E-state index contributed by atoms with van der Waals surface area (Å²) < 4.78 is 37.7. The van der Waals surface area contributed by atoms with E-state index in [4.69, 9.17) is 20.9 Å². The molecule has 3 aromatic rings. The van der Waals surface area contributed by atoms with Crippen molar-refractivity contribution in [1.82, 2.24) is 14.4 Å². The monoisotopic (exact) mass is 421 g/mol. The van der Waals surface area contributed by atoms with E-state index in [0.29, 0.717) is 27.7 Å². The number of hydrogen-bond donors (Lipinski definition) is 0. The molecular weight excluding hydrogens is 402 g/mol. The van der Waals surface area contributed by atoms with Crippen LogP contribution in [-0.2, 0) is 16.6 Å². The van der Waals surface area contributed by atoms with Crippen LogP contribution < -0.4 is 4.74 Å². The van der Waals surface area contributed by atoms with Crippen LogP contribution in [-0.4, -0.2) is 37.0 Å². The standard InChI is InChI=1S/C19H20ClN3O4S/c1-12-13(2)17(9-8-16(12)26-4)28(24,25)23(3)11-18-21-19(22-27-18)14-6-5-7-15(20)10-14/h5-10H,11H2,1-4H3. The van der Waals surface area contributed by atoms with E-state index in [-0.39, 0.29) is 17.3 Å². The summed E-state index contributed by atoms with van der Waals surface area (Å²) in [6.07, 6.45) is 0. The summed E-state index contributed by atoms with van der Waals surface area (Å²) in [6.45, 7) is 3.52. The SMILES string of the molecule is COc1ccc(S(=O)(=O)N(C)Cc2nc(-c3cccc(Cl)c3)no2)c(C)c1C. The van der Waals surface area contributed by atoms with Gasteiger partial charge in [-0.15, -0.1) is 0 Å². The highest BCUT2D eigenvalue weighted by Crippen LogP contribution is 2.29. The molecule has 0 saturated heterocycles. The van der Waals surface area contributed by atoms with E-state index in [2.05, 4.69) is 10.1 Å². The maximum atomic E-state index is 13.0. The number of aromatic nitrogens is 2. The van der Waals surface area contributed by atoms with Gasteiger partial charge in [-0.3, -0.25) is 0 Å². The fraction of sp³-hybridized carbons (Fsp3) is 0.263. The Morgan fingerprint density at radius 3 is 2.61 bits per heavy atom. The number of benzene rings is 2. The van der Waals surface area contributed by atoms with E-state index in [1.165, 1.54) is 17.4 Å². The third-order valence-electron chi connectivity index (χ3n) is 4.50. The van der Waals surface area contributed by atoms with Gasteiger partial charge < -0.3 is 9.26 Å². The lowest BCUT2D eigenvalue weighted by atomic mass is 10.1. The van der Waals surface area contributed by atoms with Gasteiger partial charge in [-0.1, -0.05) is 28.9 Å². The summed E-state index contributed by atoms with van der Waals surface area (Å²) in [5.41, 5.74) is 2.10. The zero-order chi connectivity index (χ0) is 20.5. The smallest absolute Gasteiger partial charge is 0.243 e. The number of halogens is 1. The Bertz CT molecular complexity index is 1110. The number of sulfonamides is 1. The van der Waals surface area contributed by atoms with Crippen LogP contribution in [0.4, 0.5) is 0 Å². The highest BCUT2D eigenvalue weighted by molar-refractivity contribution is 7.89. The molecule has 0 aliphatic heterocycles. The normalized spacial score (nSPS) is 11.8. The zero-order valence-electron chi connectivity index (χ0n) is 15.9. The topological polar surface area (TPSA) is 85.5 Å². The Kier molecular flexibility index (Phi) is 5.74. The lowest BCUT2D eigenvalue weighted by Gasteiger charge is -2.18. The van der Waals surface area contributed by atoms with Crippen LogP contribution in [0.3, 0.4) is 0 Å². The van der Waals surface area contributed by atoms with Crippen LogP contribution in [0.15, 0.2) is 45.8 Å². The van der Waals surface area contributed by atoms with E-state index in [1.54, 1.807) is 44.4 Å². The highest BCUT2D eigenvalue weighted by Gasteiger charge is 2.26. The Labute approximate surface area is 168 Å². The molecule has 0 atom stereocenters. The molecule has 0 bridgehead atoms. The first-order chi connectivity index (χ1) is 13.2. The van der Waals surface area contributed by atoms with Gasteiger partial charge in [0.2, 0.25) is 21.7 Å². The molecule has 0 unspecified atom stereocenters. The molecule has 0 spiro atoms. The van der Waals surface area contributed by atoms with Crippen molar-refractivity contribution in [2.24, 2.45) is 0 Å². The van der Waals surface area contributed by atoms with Gasteiger partial charge in [0.25, 0.3) is 0 Å². The van der Waals surface area contributed by atoms with Gasteiger partial charge in [0.15, 0.2) is 0 Å². The summed E-state index contributed by atoms with van der Waals surface area (Å²) in [7, 11) is -0.728. The van der Waals surface area contributed by atoms with Crippen LogP contribution in [0, 0.1) is 13.8 Å². The first kappa shape index (κ1) is 20.3. The van der Waals surface area contributed by atoms with Crippen LogP contribution in [0.1, 0.15) is 17.0 Å². The molecule has 0 radical (unpaired) electrons. The Hall–Kier alpha value is -2.42. The second-order valence-electron chi connectivity index (χ2n) is 6.30. The molecule has 7 nitrogen and oxygen atoms in total. The van der Waals surface area contributed by atoms with Crippen molar-refractivity contribution in [2.75, 3.05) is 14.2 Å². The second kappa shape index (κ2) is 7.90. The predicted molar refractivity (Wildman–Crippen MR) is 106 cm³/mol. The first-order valence-electron chi connectivity index (χ1n) is 8.43. The number of rotatable bonds is 6. The quantitative estimate of drug-likeness (QED) is 0.601. The Morgan fingerprint density at radius 1 is 1.18 bits per heavy atom. The van der Waals surface area contributed by atoms with E-state index >= 15 is 0 Å². The van der Waals surface area contributed by atoms with Crippen LogP contribution in [0.25, 0.3) is 11.4 Å². The van der Waals surface area contributed by atoms with Crippen molar-refractivity contribution in [3.8, 4) is 17.1 Å². The number of hydrogen-bond acceptors (Lipinski definition) is 6. The molecule has 1 heterocycles. The van der Waals surface area contributed by atoms with Crippen molar-refractivity contribution in [3.05, 3.63) is 58.4 Å². The predicted octanol–water partition coefficient (Wildman–Crippen LogP) is 3.84. The molecule has 1 aromatic heterocycles. The van der Waals surface area contributed by atoms with Crippen molar-refractivity contribution in [2.45, 2.75) is 25.3 Å². The summed E-state index contributed by atoms with van der Waals surface area (Å²) in [5.74, 6) is 1.17. The molecule has 0 aliphatic carbocycles. The molecular formula is C19H20ClN3O4S. The highest BCUT2D eigenvalue weighted by atomic mass is 35.5. The van der Waals surface area contributed by atoms with E-state index in [0.717, 1.165) is 5.56 Å². The van der Waals surface area contributed by atoms with E-state index in [9.17, 15) is 8.42 Å². The molecule has 2 aromatic carbocycles. The number of nitrogens with zero attached hydrogens (tertiary/aromatic N) is 3. The van der Waals surface area contributed by atoms with Gasteiger partial charge >= 0.3 is 0 Å².